The second-order valence-corrected chi connectivity index (χ2v) is 11.0. The number of pyridine rings is 1. The van der Waals surface area contributed by atoms with Crippen LogP contribution in [0.3, 0.4) is 0 Å². The number of Topliss-reactive ketones (excluding diaryl/α,β-unsaturated/α-hetero) is 1. The van der Waals surface area contributed by atoms with Crippen molar-refractivity contribution in [2.45, 2.75) is 20.3 Å². The number of hydrogen-bond donors (Lipinski definition) is 0. The molecule has 1 aliphatic heterocycles. The molecule has 0 radical (unpaired) electrons. The highest BCUT2D eigenvalue weighted by atomic mass is 16.6. The largest absolute Gasteiger partial charge is 0.454 e. The summed E-state index contributed by atoms with van der Waals surface area (Å²) in [6.45, 7) is 3.21. The number of nitro benzene ring substituents is 1. The van der Waals surface area contributed by atoms with Gasteiger partial charge in [0.1, 0.15) is 0 Å². The Hall–Kier alpha value is -5.51. The quantitative estimate of drug-likeness (QED) is 0.0653. The summed E-state index contributed by atoms with van der Waals surface area (Å²) in [6, 6.07) is 19.1. The van der Waals surface area contributed by atoms with Gasteiger partial charge in [-0.3, -0.25) is 29.4 Å². The highest BCUT2D eigenvalue weighted by molar-refractivity contribution is 6.22. The van der Waals surface area contributed by atoms with Gasteiger partial charge in [-0.1, -0.05) is 61.5 Å². The third kappa shape index (κ3) is 5.04. The summed E-state index contributed by atoms with van der Waals surface area (Å²) in [5.74, 6) is -2.47. The second kappa shape index (κ2) is 11.3. The van der Waals surface area contributed by atoms with Crippen LogP contribution < -0.4 is 4.90 Å². The van der Waals surface area contributed by atoms with E-state index in [1.807, 2.05) is 32.1 Å². The number of non-ortho nitro benzene ring substituents is 1. The summed E-state index contributed by atoms with van der Waals surface area (Å²) in [6.07, 6.45) is 4.49. The van der Waals surface area contributed by atoms with Gasteiger partial charge in [-0.05, 0) is 43.0 Å². The van der Waals surface area contributed by atoms with Crippen molar-refractivity contribution < 1.29 is 28.8 Å². The number of ketones is 1. The molecular weight excluding hydrogens is 562 g/mol. The Morgan fingerprint density at radius 3 is 2.50 bits per heavy atom. The van der Waals surface area contributed by atoms with Gasteiger partial charge in [-0.25, -0.2) is 9.78 Å². The number of carbonyl (C=O) groups is 4. The topological polar surface area (TPSA) is 137 Å². The minimum absolute atomic E-state index is 0.0146. The summed E-state index contributed by atoms with van der Waals surface area (Å²) in [4.78, 5) is 68.9. The van der Waals surface area contributed by atoms with E-state index in [0.29, 0.717) is 34.3 Å². The minimum Gasteiger partial charge on any atom is -0.454 e. The van der Waals surface area contributed by atoms with E-state index in [9.17, 15) is 29.3 Å². The molecule has 10 nitrogen and oxygen atoms in total. The summed E-state index contributed by atoms with van der Waals surface area (Å²) in [5.41, 5.74) is 2.98. The predicted molar refractivity (Wildman–Crippen MR) is 162 cm³/mol. The molecule has 1 aliphatic carbocycles. The lowest BCUT2D eigenvalue weighted by Gasteiger charge is -2.22. The van der Waals surface area contributed by atoms with E-state index in [1.165, 1.54) is 23.1 Å². The molecule has 0 N–H and O–H groups in total. The van der Waals surface area contributed by atoms with Gasteiger partial charge in [0, 0.05) is 28.6 Å². The number of carbonyl (C=O) groups excluding carboxylic acids is 4. The van der Waals surface area contributed by atoms with Gasteiger partial charge in [0.05, 0.1) is 39.2 Å². The number of aryl methyl sites for hydroxylation is 1. The van der Waals surface area contributed by atoms with Crippen molar-refractivity contribution in [2.75, 3.05) is 11.5 Å². The maximum Gasteiger partial charge on any atom is 0.339 e. The van der Waals surface area contributed by atoms with Gasteiger partial charge in [-0.2, -0.15) is 0 Å². The zero-order valence-electron chi connectivity index (χ0n) is 23.9. The fraction of sp³-hybridized carbons (Fsp3) is 0.206. The molecule has 3 unspecified atom stereocenters. The molecule has 44 heavy (non-hydrogen) atoms. The first-order valence-electron chi connectivity index (χ1n) is 14.1. The van der Waals surface area contributed by atoms with Gasteiger partial charge in [-0.15, -0.1) is 0 Å². The van der Waals surface area contributed by atoms with Crippen LogP contribution in [0.15, 0.2) is 84.9 Å². The highest BCUT2D eigenvalue weighted by Gasteiger charge is 2.50. The fourth-order valence-corrected chi connectivity index (χ4v) is 5.98. The molecule has 1 saturated heterocycles. The number of anilines is 1. The minimum atomic E-state index is -0.752. The molecule has 4 aromatic rings. The zero-order valence-corrected chi connectivity index (χ0v) is 23.9. The number of rotatable bonds is 7. The summed E-state index contributed by atoms with van der Waals surface area (Å²) < 4.78 is 5.38. The van der Waals surface area contributed by atoms with Crippen molar-refractivity contribution in [2.24, 2.45) is 17.8 Å². The maximum absolute atomic E-state index is 13.3. The van der Waals surface area contributed by atoms with Crippen LogP contribution >= 0.6 is 0 Å². The summed E-state index contributed by atoms with van der Waals surface area (Å²) in [7, 11) is 0. The molecular formula is C34H27N3O7. The number of benzene rings is 3. The van der Waals surface area contributed by atoms with Crippen LogP contribution in [0.2, 0.25) is 0 Å². The molecule has 220 valence electrons. The van der Waals surface area contributed by atoms with Gasteiger partial charge in [0.25, 0.3) is 5.69 Å². The van der Waals surface area contributed by atoms with Crippen LogP contribution in [0.25, 0.3) is 22.2 Å². The lowest BCUT2D eigenvalue weighted by atomic mass is 9.78. The molecule has 1 aromatic heterocycles. The van der Waals surface area contributed by atoms with E-state index in [2.05, 4.69) is 0 Å². The Morgan fingerprint density at radius 2 is 1.77 bits per heavy atom. The molecule has 10 heteroatoms. The van der Waals surface area contributed by atoms with Crippen LogP contribution in [0.1, 0.15) is 39.6 Å². The number of allylic oxidation sites excluding steroid dienone is 2. The average molecular weight is 590 g/mol. The molecule has 6 rings (SSSR count). The normalized spacial score (nSPS) is 19.2. The molecule has 2 aliphatic rings. The Morgan fingerprint density at radius 1 is 1.02 bits per heavy atom. The number of esters is 1. The van der Waals surface area contributed by atoms with E-state index in [1.54, 1.807) is 42.5 Å². The number of hydrogen-bond acceptors (Lipinski definition) is 8. The average Bonchev–Trinajstić information content (AvgIpc) is 3.29. The van der Waals surface area contributed by atoms with E-state index in [4.69, 9.17) is 9.72 Å². The van der Waals surface area contributed by atoms with Crippen LogP contribution in [-0.4, -0.2) is 40.1 Å². The lowest BCUT2D eigenvalue weighted by Crippen LogP contribution is -2.31. The molecule has 2 heterocycles. The number of aromatic nitrogens is 1. The van der Waals surface area contributed by atoms with Crippen molar-refractivity contribution >= 4 is 45.8 Å². The number of fused-ring (bicyclic) bond motifs is 2. The van der Waals surface area contributed by atoms with E-state index >= 15 is 0 Å². The van der Waals surface area contributed by atoms with Crippen molar-refractivity contribution in [1.29, 1.82) is 0 Å². The number of ether oxygens (including phenoxy) is 1. The van der Waals surface area contributed by atoms with Crippen molar-refractivity contribution in [3.8, 4) is 11.3 Å². The van der Waals surface area contributed by atoms with Crippen molar-refractivity contribution in [3.63, 3.8) is 0 Å². The third-order valence-corrected chi connectivity index (χ3v) is 8.27. The number of para-hydroxylation sites is 1. The monoisotopic (exact) mass is 589 g/mol. The van der Waals surface area contributed by atoms with Gasteiger partial charge >= 0.3 is 5.97 Å². The SMILES string of the molecule is Cc1cccc2c(C(=O)OCC(=O)c3cccc([N+](=O)[O-])c3)cc(-c3ccc(N4C(=O)C5CC=CC(C)C5C4=O)cc3)nc12. The summed E-state index contributed by atoms with van der Waals surface area (Å²) >= 11 is 0. The van der Waals surface area contributed by atoms with Crippen LogP contribution in [0.4, 0.5) is 11.4 Å². The van der Waals surface area contributed by atoms with E-state index in [0.717, 1.165) is 11.6 Å². The van der Waals surface area contributed by atoms with E-state index < -0.39 is 23.3 Å². The first kappa shape index (κ1) is 28.6. The molecule has 3 atom stereocenters. The molecule has 0 spiro atoms. The number of amides is 2. The first-order chi connectivity index (χ1) is 21.1. The predicted octanol–water partition coefficient (Wildman–Crippen LogP) is 5.86. The van der Waals surface area contributed by atoms with Gasteiger partial charge in [0.2, 0.25) is 17.6 Å². The van der Waals surface area contributed by atoms with Crippen molar-refractivity contribution in [3.05, 3.63) is 112 Å². The Balaban J connectivity index is 1.28. The Kier molecular flexibility index (Phi) is 7.34. The second-order valence-electron chi connectivity index (χ2n) is 11.0. The third-order valence-electron chi connectivity index (χ3n) is 8.27. The van der Waals surface area contributed by atoms with E-state index in [-0.39, 0.29) is 46.4 Å². The van der Waals surface area contributed by atoms with Crippen LogP contribution in [0, 0.1) is 34.8 Å². The smallest absolute Gasteiger partial charge is 0.339 e. The number of nitro groups is 1. The maximum atomic E-state index is 13.3. The number of imide groups is 1. The molecule has 2 amide bonds. The van der Waals surface area contributed by atoms with Crippen LogP contribution in [0.5, 0.6) is 0 Å². The van der Waals surface area contributed by atoms with Crippen LogP contribution in [-0.2, 0) is 14.3 Å². The molecule has 0 saturated carbocycles. The lowest BCUT2D eigenvalue weighted by molar-refractivity contribution is -0.384. The highest BCUT2D eigenvalue weighted by Crippen LogP contribution is 2.41. The fourth-order valence-electron chi connectivity index (χ4n) is 5.98. The van der Waals surface area contributed by atoms with Gasteiger partial charge in [0.15, 0.2) is 6.61 Å². The first-order valence-corrected chi connectivity index (χ1v) is 14.1. The molecule has 1 fully saturated rings. The molecule has 0 bridgehead atoms. The zero-order chi connectivity index (χ0) is 31.1. The Labute approximate surface area is 252 Å². The Bertz CT molecular complexity index is 1900. The number of nitrogens with zero attached hydrogens (tertiary/aromatic N) is 3. The van der Waals surface area contributed by atoms with Crippen molar-refractivity contribution in [1.82, 2.24) is 4.98 Å². The summed E-state index contributed by atoms with van der Waals surface area (Å²) in [5, 5.41) is 11.6. The molecule has 3 aromatic carbocycles. The standard InChI is InChI=1S/C34H27N3O7/c1-19-6-3-11-26-30(19)33(40)36(32(26)39)23-14-12-21(13-15-23)28-17-27(25-10-4-7-20(2)31(25)35-28)34(41)44-18-29(38)22-8-5-9-24(16-22)37(42)43/h3-10,12-17,19,26,30H,11,18H2,1-2H3. The van der Waals surface area contributed by atoms with Gasteiger partial charge < -0.3 is 4.74 Å².